The molecule has 0 N–H and O–H groups in total. The van der Waals surface area contributed by atoms with E-state index in [1.807, 2.05) is 0 Å². The zero-order chi connectivity index (χ0) is 8.27. The van der Waals surface area contributed by atoms with E-state index >= 15 is 0 Å². The molecule has 0 heterocycles. The molecule has 0 bridgehead atoms. The van der Waals surface area contributed by atoms with Crippen LogP contribution in [0, 0.1) is 5.92 Å². The third-order valence-electron chi connectivity index (χ3n) is 2.54. The maximum Gasteiger partial charge on any atom is 0.0577 e. The van der Waals surface area contributed by atoms with E-state index in [1.54, 1.807) is 7.11 Å². The second-order valence-corrected chi connectivity index (χ2v) is 3.95. The lowest BCUT2D eigenvalue weighted by atomic mass is 9.79. The van der Waals surface area contributed by atoms with Crippen LogP contribution < -0.4 is 0 Å². The highest BCUT2D eigenvalue weighted by Crippen LogP contribution is 2.36. The molecule has 1 rings (SSSR count). The van der Waals surface area contributed by atoms with E-state index < -0.39 is 0 Å². The summed E-state index contributed by atoms with van der Waals surface area (Å²) in [5.74, 6) is 0.724. The first-order valence-corrected chi connectivity index (χ1v) is 4.88. The van der Waals surface area contributed by atoms with Gasteiger partial charge in [0.2, 0.25) is 0 Å². The molecule has 1 nitrogen and oxygen atoms in total. The summed E-state index contributed by atoms with van der Waals surface area (Å²) in [5.41, 5.74) is 0. The molecule has 66 valence electrons. The molecule has 0 aromatic heterocycles. The number of hydrogen-bond donors (Lipinski definition) is 0. The first-order chi connectivity index (χ1) is 5.27. The summed E-state index contributed by atoms with van der Waals surface area (Å²) in [7, 11) is 1.78. The second kappa shape index (κ2) is 4.32. The number of ether oxygens (including phenoxy) is 1. The van der Waals surface area contributed by atoms with E-state index in [0.29, 0.717) is 11.5 Å². The average molecular weight is 177 g/mol. The molecule has 1 aliphatic carbocycles. The van der Waals surface area contributed by atoms with Crippen molar-refractivity contribution in [2.24, 2.45) is 5.92 Å². The highest BCUT2D eigenvalue weighted by atomic mass is 35.5. The van der Waals surface area contributed by atoms with Gasteiger partial charge in [0.25, 0.3) is 0 Å². The molecule has 2 heteroatoms. The van der Waals surface area contributed by atoms with Crippen molar-refractivity contribution in [2.75, 3.05) is 7.11 Å². The predicted octanol–water partition coefficient (Wildman–Crippen LogP) is 2.82. The maximum atomic E-state index is 6.15. The quantitative estimate of drug-likeness (QED) is 0.599. The molecular formula is C9H17ClO. The van der Waals surface area contributed by atoms with Gasteiger partial charge in [-0.15, -0.1) is 11.6 Å². The van der Waals surface area contributed by atoms with E-state index in [2.05, 4.69) is 6.92 Å². The van der Waals surface area contributed by atoms with Gasteiger partial charge in [-0.05, 0) is 25.2 Å². The minimum atomic E-state index is 0.395. The van der Waals surface area contributed by atoms with Crippen molar-refractivity contribution in [2.45, 2.75) is 44.1 Å². The summed E-state index contributed by atoms with van der Waals surface area (Å²) in [6.07, 6.45) is 5.19. The molecule has 0 aromatic rings. The Morgan fingerprint density at radius 3 is 2.64 bits per heavy atom. The molecule has 0 spiro atoms. The van der Waals surface area contributed by atoms with Gasteiger partial charge in [0, 0.05) is 12.5 Å². The minimum Gasteiger partial charge on any atom is -0.381 e. The molecule has 1 saturated carbocycles. The molecule has 0 amide bonds. The summed E-state index contributed by atoms with van der Waals surface area (Å²) < 4.78 is 5.19. The van der Waals surface area contributed by atoms with Crippen molar-refractivity contribution in [3.8, 4) is 0 Å². The van der Waals surface area contributed by atoms with E-state index in [1.165, 1.54) is 19.3 Å². The first kappa shape index (κ1) is 9.34. The van der Waals surface area contributed by atoms with E-state index in [0.717, 1.165) is 12.3 Å². The van der Waals surface area contributed by atoms with Gasteiger partial charge < -0.3 is 4.74 Å². The van der Waals surface area contributed by atoms with Crippen LogP contribution in [0.25, 0.3) is 0 Å². The minimum absolute atomic E-state index is 0.395. The van der Waals surface area contributed by atoms with Gasteiger partial charge in [-0.1, -0.05) is 13.3 Å². The highest BCUT2D eigenvalue weighted by Gasteiger charge is 2.33. The number of methoxy groups -OCH3 is 1. The monoisotopic (exact) mass is 176 g/mol. The molecule has 0 radical (unpaired) electrons. The molecule has 11 heavy (non-hydrogen) atoms. The number of rotatable bonds is 4. The Hall–Kier alpha value is 0.250. The van der Waals surface area contributed by atoms with Crippen LogP contribution >= 0.6 is 11.6 Å². The molecule has 1 unspecified atom stereocenters. The lowest BCUT2D eigenvalue weighted by Gasteiger charge is -2.37. The van der Waals surface area contributed by atoms with Gasteiger partial charge in [-0.3, -0.25) is 0 Å². The molecule has 1 atom stereocenters. The highest BCUT2D eigenvalue weighted by molar-refractivity contribution is 6.20. The maximum absolute atomic E-state index is 6.15. The predicted molar refractivity (Wildman–Crippen MR) is 48.1 cm³/mol. The Morgan fingerprint density at radius 2 is 2.18 bits per heavy atom. The third kappa shape index (κ3) is 2.34. The number of halogens is 1. The summed E-state index contributed by atoms with van der Waals surface area (Å²) >= 11 is 6.15. The summed E-state index contributed by atoms with van der Waals surface area (Å²) in [6, 6.07) is 0. The van der Waals surface area contributed by atoms with Crippen LogP contribution in [-0.2, 0) is 4.74 Å². The molecule has 0 saturated heterocycles. The molecule has 0 aromatic carbocycles. The molecule has 1 fully saturated rings. The van der Waals surface area contributed by atoms with Crippen LogP contribution in [0.1, 0.15) is 32.6 Å². The molecule has 0 aliphatic heterocycles. The Labute approximate surface area is 74.1 Å². The summed E-state index contributed by atoms with van der Waals surface area (Å²) in [5, 5.41) is 0.395. The van der Waals surface area contributed by atoms with Crippen LogP contribution in [0.3, 0.4) is 0 Å². The summed E-state index contributed by atoms with van der Waals surface area (Å²) in [6.45, 7) is 2.18. The van der Waals surface area contributed by atoms with Crippen LogP contribution in [0.15, 0.2) is 0 Å². The fourth-order valence-corrected chi connectivity index (χ4v) is 2.03. The van der Waals surface area contributed by atoms with E-state index in [-0.39, 0.29) is 0 Å². The van der Waals surface area contributed by atoms with Crippen molar-refractivity contribution in [3.05, 3.63) is 0 Å². The Balaban J connectivity index is 2.10. The zero-order valence-corrected chi connectivity index (χ0v) is 8.10. The van der Waals surface area contributed by atoms with E-state index in [4.69, 9.17) is 16.3 Å². The second-order valence-electron chi connectivity index (χ2n) is 3.39. The number of hydrogen-bond acceptors (Lipinski definition) is 1. The zero-order valence-electron chi connectivity index (χ0n) is 7.35. The fourth-order valence-electron chi connectivity index (χ4n) is 1.61. The summed E-state index contributed by atoms with van der Waals surface area (Å²) in [4.78, 5) is 0. The normalized spacial score (nSPS) is 33.0. The Bertz CT molecular complexity index is 110. The fraction of sp³-hybridized carbons (Fsp3) is 1.00. The average Bonchev–Trinajstić information content (AvgIpc) is 1.86. The van der Waals surface area contributed by atoms with Crippen molar-refractivity contribution in [1.29, 1.82) is 0 Å². The largest absolute Gasteiger partial charge is 0.381 e. The van der Waals surface area contributed by atoms with Gasteiger partial charge in [0.1, 0.15) is 0 Å². The van der Waals surface area contributed by atoms with E-state index in [9.17, 15) is 0 Å². The van der Waals surface area contributed by atoms with Crippen LogP contribution in [-0.4, -0.2) is 18.6 Å². The third-order valence-corrected chi connectivity index (χ3v) is 3.12. The smallest absolute Gasteiger partial charge is 0.0577 e. The van der Waals surface area contributed by atoms with Crippen LogP contribution in [0.2, 0.25) is 0 Å². The van der Waals surface area contributed by atoms with Crippen molar-refractivity contribution >= 4 is 11.6 Å². The Morgan fingerprint density at radius 1 is 1.55 bits per heavy atom. The topological polar surface area (TPSA) is 9.23 Å². The van der Waals surface area contributed by atoms with Gasteiger partial charge in [0.05, 0.1) is 6.10 Å². The lowest BCUT2D eigenvalue weighted by Crippen LogP contribution is -2.35. The molecular weight excluding hydrogens is 160 g/mol. The van der Waals surface area contributed by atoms with Crippen LogP contribution in [0.4, 0.5) is 0 Å². The van der Waals surface area contributed by atoms with Crippen molar-refractivity contribution < 1.29 is 4.74 Å². The van der Waals surface area contributed by atoms with Gasteiger partial charge in [-0.2, -0.15) is 0 Å². The molecule has 1 aliphatic rings. The van der Waals surface area contributed by atoms with Crippen LogP contribution in [0.5, 0.6) is 0 Å². The lowest BCUT2D eigenvalue weighted by molar-refractivity contribution is -0.000742. The van der Waals surface area contributed by atoms with Crippen molar-refractivity contribution in [1.82, 2.24) is 0 Å². The van der Waals surface area contributed by atoms with Gasteiger partial charge >= 0.3 is 0 Å². The van der Waals surface area contributed by atoms with Gasteiger partial charge in [0.15, 0.2) is 0 Å². The van der Waals surface area contributed by atoms with Crippen molar-refractivity contribution in [3.63, 3.8) is 0 Å². The standard InChI is InChI=1S/C9H17ClO/c1-3-4-9(10)7-5-8(6-7)11-2/h7-9H,3-6H2,1-2H3. The Kier molecular flexibility index (Phi) is 3.67. The first-order valence-electron chi connectivity index (χ1n) is 4.44. The number of alkyl halides is 1. The SMILES string of the molecule is CCCC(Cl)C1CC(OC)C1. The van der Waals surface area contributed by atoms with Gasteiger partial charge in [-0.25, -0.2) is 0 Å².